The van der Waals surface area contributed by atoms with Crippen LogP contribution in [0.1, 0.15) is 44.9 Å². The van der Waals surface area contributed by atoms with E-state index in [4.69, 9.17) is 0 Å². The summed E-state index contributed by atoms with van der Waals surface area (Å²) in [5.41, 5.74) is 1.68. The minimum Gasteiger partial charge on any atom is -0.322 e. The third-order valence-corrected chi connectivity index (χ3v) is 4.53. The Morgan fingerprint density at radius 2 is 1.80 bits per heavy atom. The Kier molecular flexibility index (Phi) is 4.89. The van der Waals surface area contributed by atoms with Crippen LogP contribution in [-0.4, -0.2) is 29.2 Å². The van der Waals surface area contributed by atoms with E-state index in [1.807, 2.05) is 32.0 Å². The molecule has 3 rings (SSSR count). The van der Waals surface area contributed by atoms with Gasteiger partial charge >= 0.3 is 0 Å². The zero-order chi connectivity index (χ0) is 18.1. The molecule has 0 atom stereocenters. The average molecular weight is 448 g/mol. The molecular formula is C19H17IN2O3. The van der Waals surface area contributed by atoms with Crippen molar-refractivity contribution in [3.8, 4) is 0 Å². The number of rotatable bonds is 4. The summed E-state index contributed by atoms with van der Waals surface area (Å²) in [6.45, 7) is 4.27. The van der Waals surface area contributed by atoms with Crippen LogP contribution in [0, 0.1) is 9.49 Å². The van der Waals surface area contributed by atoms with Gasteiger partial charge in [0.15, 0.2) is 0 Å². The smallest absolute Gasteiger partial charge is 0.261 e. The van der Waals surface area contributed by atoms with Crippen molar-refractivity contribution in [1.82, 2.24) is 4.90 Å². The first-order chi connectivity index (χ1) is 11.9. The molecule has 2 aromatic rings. The molecule has 0 aliphatic carbocycles. The van der Waals surface area contributed by atoms with Crippen LogP contribution in [0.5, 0.6) is 0 Å². The van der Waals surface area contributed by atoms with Gasteiger partial charge in [-0.3, -0.25) is 19.3 Å². The summed E-state index contributed by atoms with van der Waals surface area (Å²) >= 11 is 2.17. The standard InChI is InChI=1S/C19H17IN2O3/c1-11(2)10-22-18(24)15-7-6-12(8-16(15)19(22)25)17(23)21-14-5-3-4-13(20)9-14/h3-9,11H,10H2,1-2H3,(H,21,23). The summed E-state index contributed by atoms with van der Waals surface area (Å²) < 4.78 is 1.01. The minimum atomic E-state index is -0.336. The molecule has 0 spiro atoms. The quantitative estimate of drug-likeness (QED) is 0.572. The molecule has 25 heavy (non-hydrogen) atoms. The van der Waals surface area contributed by atoms with Crippen LogP contribution in [0.4, 0.5) is 5.69 Å². The van der Waals surface area contributed by atoms with Crippen LogP contribution in [-0.2, 0) is 0 Å². The number of halogens is 1. The molecule has 5 nitrogen and oxygen atoms in total. The average Bonchev–Trinajstić information content (AvgIpc) is 2.79. The molecule has 1 aliphatic heterocycles. The summed E-state index contributed by atoms with van der Waals surface area (Å²) in [6.07, 6.45) is 0. The number of nitrogens with one attached hydrogen (secondary N) is 1. The van der Waals surface area contributed by atoms with Gasteiger partial charge < -0.3 is 5.32 Å². The highest BCUT2D eigenvalue weighted by Gasteiger charge is 2.36. The number of carbonyl (C=O) groups excluding carboxylic acids is 3. The third-order valence-electron chi connectivity index (χ3n) is 3.86. The molecule has 0 unspecified atom stereocenters. The van der Waals surface area contributed by atoms with Gasteiger partial charge in [-0.25, -0.2) is 0 Å². The lowest BCUT2D eigenvalue weighted by Crippen LogP contribution is -2.33. The summed E-state index contributed by atoms with van der Waals surface area (Å²) in [5.74, 6) is -0.756. The Bertz CT molecular complexity index is 877. The third kappa shape index (κ3) is 3.58. The molecule has 6 heteroatoms. The topological polar surface area (TPSA) is 66.5 Å². The Hall–Kier alpha value is -2.22. The number of hydrogen-bond donors (Lipinski definition) is 1. The Morgan fingerprint density at radius 1 is 1.08 bits per heavy atom. The normalized spacial score (nSPS) is 13.4. The highest BCUT2D eigenvalue weighted by atomic mass is 127. The maximum Gasteiger partial charge on any atom is 0.261 e. The van der Waals surface area contributed by atoms with Crippen molar-refractivity contribution in [2.75, 3.05) is 11.9 Å². The molecule has 0 radical (unpaired) electrons. The van der Waals surface area contributed by atoms with E-state index in [1.165, 1.54) is 11.0 Å². The van der Waals surface area contributed by atoms with Crippen molar-refractivity contribution < 1.29 is 14.4 Å². The zero-order valence-corrected chi connectivity index (χ0v) is 16.0. The van der Waals surface area contributed by atoms with Gasteiger partial charge in [-0.15, -0.1) is 0 Å². The van der Waals surface area contributed by atoms with E-state index in [2.05, 4.69) is 27.9 Å². The molecule has 0 saturated heterocycles. The molecule has 2 aromatic carbocycles. The van der Waals surface area contributed by atoms with Gasteiger partial charge in [0.2, 0.25) is 0 Å². The molecule has 3 amide bonds. The van der Waals surface area contributed by atoms with E-state index in [0.717, 1.165) is 3.57 Å². The predicted octanol–water partition coefficient (Wildman–Crippen LogP) is 3.80. The van der Waals surface area contributed by atoms with E-state index >= 15 is 0 Å². The largest absolute Gasteiger partial charge is 0.322 e. The van der Waals surface area contributed by atoms with Gasteiger partial charge in [0.25, 0.3) is 17.7 Å². The Morgan fingerprint density at radius 3 is 2.48 bits per heavy atom. The van der Waals surface area contributed by atoms with E-state index in [9.17, 15) is 14.4 Å². The van der Waals surface area contributed by atoms with Crippen molar-refractivity contribution in [3.63, 3.8) is 0 Å². The molecule has 0 aromatic heterocycles. The summed E-state index contributed by atoms with van der Waals surface area (Å²) in [4.78, 5) is 38.5. The van der Waals surface area contributed by atoms with Crippen molar-refractivity contribution >= 4 is 46.0 Å². The van der Waals surface area contributed by atoms with E-state index in [0.29, 0.717) is 28.9 Å². The maximum absolute atomic E-state index is 12.5. The first-order valence-corrected chi connectivity index (χ1v) is 9.02. The van der Waals surface area contributed by atoms with Gasteiger partial charge in [0.1, 0.15) is 0 Å². The van der Waals surface area contributed by atoms with Gasteiger partial charge in [-0.2, -0.15) is 0 Å². The SMILES string of the molecule is CC(C)CN1C(=O)c2ccc(C(=O)Nc3cccc(I)c3)cc2C1=O. The lowest BCUT2D eigenvalue weighted by Gasteiger charge is -2.15. The van der Waals surface area contributed by atoms with Gasteiger partial charge in [-0.05, 0) is 64.9 Å². The summed E-state index contributed by atoms with van der Waals surface area (Å²) in [7, 11) is 0. The van der Waals surface area contributed by atoms with Crippen molar-refractivity contribution in [2.24, 2.45) is 5.92 Å². The molecule has 1 heterocycles. The maximum atomic E-state index is 12.5. The van der Waals surface area contributed by atoms with Crippen molar-refractivity contribution in [3.05, 3.63) is 62.7 Å². The first-order valence-electron chi connectivity index (χ1n) is 7.94. The predicted molar refractivity (Wildman–Crippen MR) is 104 cm³/mol. The van der Waals surface area contributed by atoms with Crippen LogP contribution < -0.4 is 5.32 Å². The number of amides is 3. The Labute approximate surface area is 159 Å². The van der Waals surface area contributed by atoms with Crippen LogP contribution >= 0.6 is 22.6 Å². The van der Waals surface area contributed by atoms with Gasteiger partial charge in [-0.1, -0.05) is 19.9 Å². The second-order valence-corrected chi connectivity index (χ2v) is 7.59. The van der Waals surface area contributed by atoms with E-state index in [1.54, 1.807) is 18.2 Å². The van der Waals surface area contributed by atoms with E-state index < -0.39 is 0 Å². The first kappa shape index (κ1) is 17.6. The number of fused-ring (bicyclic) bond motifs is 1. The molecule has 1 N–H and O–H groups in total. The minimum absolute atomic E-state index is 0.186. The van der Waals surface area contributed by atoms with Crippen LogP contribution in [0.3, 0.4) is 0 Å². The number of benzene rings is 2. The summed E-state index contributed by atoms with van der Waals surface area (Å²) in [6, 6.07) is 12.1. The molecule has 1 aliphatic rings. The highest BCUT2D eigenvalue weighted by molar-refractivity contribution is 14.1. The number of anilines is 1. The molecule has 0 fully saturated rings. The number of nitrogens with zero attached hydrogens (tertiary/aromatic N) is 1. The monoisotopic (exact) mass is 448 g/mol. The zero-order valence-electron chi connectivity index (χ0n) is 13.9. The van der Waals surface area contributed by atoms with E-state index in [-0.39, 0.29) is 23.6 Å². The van der Waals surface area contributed by atoms with Gasteiger partial charge in [0.05, 0.1) is 11.1 Å². The molecule has 0 saturated carbocycles. The Balaban J connectivity index is 1.85. The van der Waals surface area contributed by atoms with Crippen LogP contribution in [0.15, 0.2) is 42.5 Å². The van der Waals surface area contributed by atoms with Crippen LogP contribution in [0.25, 0.3) is 0 Å². The van der Waals surface area contributed by atoms with Crippen molar-refractivity contribution in [2.45, 2.75) is 13.8 Å². The molecule has 128 valence electrons. The number of carbonyl (C=O) groups is 3. The molecular weight excluding hydrogens is 431 g/mol. The second-order valence-electron chi connectivity index (χ2n) is 6.34. The fourth-order valence-electron chi connectivity index (χ4n) is 2.73. The number of hydrogen-bond acceptors (Lipinski definition) is 3. The lowest BCUT2D eigenvalue weighted by molar-refractivity contribution is 0.0636. The fraction of sp³-hybridized carbons (Fsp3) is 0.211. The lowest BCUT2D eigenvalue weighted by atomic mass is 10.1. The highest BCUT2D eigenvalue weighted by Crippen LogP contribution is 2.25. The second kappa shape index (κ2) is 6.95. The van der Waals surface area contributed by atoms with Crippen LogP contribution in [0.2, 0.25) is 0 Å². The fourth-order valence-corrected chi connectivity index (χ4v) is 3.28. The summed E-state index contributed by atoms with van der Waals surface area (Å²) in [5, 5.41) is 2.81. The molecule has 0 bridgehead atoms. The van der Waals surface area contributed by atoms with Gasteiger partial charge in [0, 0.05) is 21.4 Å². The number of imide groups is 1. The van der Waals surface area contributed by atoms with Crippen molar-refractivity contribution in [1.29, 1.82) is 0 Å².